The van der Waals surface area contributed by atoms with Crippen LogP contribution in [0.4, 0.5) is 5.69 Å². The maximum atomic E-state index is 12.9. The molecule has 1 aromatic heterocycles. The highest BCUT2D eigenvalue weighted by atomic mass is 16.3. The number of aromatic nitrogens is 3. The van der Waals surface area contributed by atoms with Crippen molar-refractivity contribution in [2.45, 2.75) is 51.6 Å². The van der Waals surface area contributed by atoms with Crippen LogP contribution in [0.5, 0.6) is 5.75 Å². The monoisotopic (exact) mass is 459 g/mol. The molecule has 2 bridgehead atoms. The Morgan fingerprint density at radius 2 is 1.97 bits per heavy atom. The van der Waals surface area contributed by atoms with Gasteiger partial charge >= 0.3 is 0 Å². The van der Waals surface area contributed by atoms with Crippen LogP contribution in [0, 0.1) is 11.8 Å². The van der Waals surface area contributed by atoms with Crippen LogP contribution in [0.1, 0.15) is 39.2 Å². The Balaban J connectivity index is 1.21. The van der Waals surface area contributed by atoms with Crippen LogP contribution in [0.25, 0.3) is 11.3 Å². The Kier molecular flexibility index (Phi) is 5.90. The summed E-state index contributed by atoms with van der Waals surface area (Å²) in [6.45, 7) is 9.20. The molecule has 3 aliphatic rings. The van der Waals surface area contributed by atoms with E-state index in [0.717, 1.165) is 43.7 Å². The second-order valence-electron chi connectivity index (χ2n) is 10.7. The SMILES string of the molecule is CC(C)(C)c1ccc(-c2cn(C[C@H]3CC4CCN3C[C@@H]4C(=O)Nc3cccc(O)c3)nn2)cc1. The predicted molar refractivity (Wildman–Crippen MR) is 132 cm³/mol. The number of phenolic OH excluding ortho intramolecular Hbond substituents is 1. The topological polar surface area (TPSA) is 83.3 Å². The summed E-state index contributed by atoms with van der Waals surface area (Å²) in [5, 5.41) is 21.5. The lowest BCUT2D eigenvalue weighted by molar-refractivity contribution is -0.127. The number of amides is 1. The van der Waals surface area contributed by atoms with Gasteiger partial charge in [-0.3, -0.25) is 14.4 Å². The standard InChI is InChI=1S/C27H33N5O2/c1-27(2,3)20-9-7-18(8-10-20)25-17-32(30-29-25)15-22-13-19-11-12-31(22)16-24(19)26(34)28-21-5-4-6-23(33)14-21/h4-10,14,17,19,22,24,33H,11-13,15-16H2,1-3H3,(H,28,34)/t19?,22-,24+/m1/s1. The minimum Gasteiger partial charge on any atom is -0.508 e. The molecule has 1 amide bonds. The van der Waals surface area contributed by atoms with Crippen molar-refractivity contribution in [2.75, 3.05) is 18.4 Å². The number of nitrogens with one attached hydrogen (secondary N) is 1. The van der Waals surface area contributed by atoms with Crippen LogP contribution in [0.2, 0.25) is 0 Å². The van der Waals surface area contributed by atoms with Crippen molar-refractivity contribution in [3.8, 4) is 17.0 Å². The molecule has 0 radical (unpaired) electrons. The molecule has 0 aliphatic carbocycles. The lowest BCUT2D eigenvalue weighted by Crippen LogP contribution is -2.57. The fraction of sp³-hybridized carbons (Fsp3) is 0.444. The summed E-state index contributed by atoms with van der Waals surface area (Å²) in [4.78, 5) is 15.4. The molecule has 0 spiro atoms. The number of carbonyl (C=O) groups is 1. The van der Waals surface area contributed by atoms with Crippen LogP contribution >= 0.6 is 0 Å². The van der Waals surface area contributed by atoms with E-state index >= 15 is 0 Å². The molecule has 3 fully saturated rings. The highest BCUT2D eigenvalue weighted by Crippen LogP contribution is 2.37. The van der Waals surface area contributed by atoms with Gasteiger partial charge in [-0.1, -0.05) is 56.3 Å². The molecule has 0 saturated carbocycles. The van der Waals surface area contributed by atoms with Gasteiger partial charge in [0.15, 0.2) is 0 Å². The molecule has 4 atom stereocenters. The zero-order chi connectivity index (χ0) is 23.9. The lowest BCUT2D eigenvalue weighted by Gasteiger charge is -2.49. The largest absolute Gasteiger partial charge is 0.508 e. The van der Waals surface area contributed by atoms with E-state index in [0.29, 0.717) is 17.6 Å². The van der Waals surface area contributed by atoms with Crippen LogP contribution < -0.4 is 5.32 Å². The summed E-state index contributed by atoms with van der Waals surface area (Å²) in [5.41, 5.74) is 4.04. The van der Waals surface area contributed by atoms with Crippen molar-refractivity contribution in [2.24, 2.45) is 11.8 Å². The maximum Gasteiger partial charge on any atom is 0.229 e. The first-order valence-electron chi connectivity index (χ1n) is 12.1. The van der Waals surface area contributed by atoms with E-state index in [1.54, 1.807) is 24.3 Å². The van der Waals surface area contributed by atoms with Gasteiger partial charge in [0.1, 0.15) is 11.4 Å². The summed E-state index contributed by atoms with van der Waals surface area (Å²) in [5.74, 6) is 0.532. The van der Waals surface area contributed by atoms with Crippen molar-refractivity contribution in [3.05, 3.63) is 60.3 Å². The van der Waals surface area contributed by atoms with E-state index in [2.05, 4.69) is 65.6 Å². The van der Waals surface area contributed by atoms with Gasteiger partial charge < -0.3 is 10.4 Å². The van der Waals surface area contributed by atoms with E-state index < -0.39 is 0 Å². The molecule has 178 valence electrons. The molecular formula is C27H33N5O2. The highest BCUT2D eigenvalue weighted by Gasteiger charge is 2.43. The van der Waals surface area contributed by atoms with Crippen molar-refractivity contribution >= 4 is 11.6 Å². The number of piperidine rings is 3. The number of nitrogens with zero attached hydrogens (tertiary/aromatic N) is 4. The van der Waals surface area contributed by atoms with Gasteiger partial charge in [0.25, 0.3) is 0 Å². The van der Waals surface area contributed by atoms with Crippen LogP contribution in [-0.2, 0) is 16.8 Å². The van der Waals surface area contributed by atoms with E-state index in [1.165, 1.54) is 5.56 Å². The van der Waals surface area contributed by atoms with Gasteiger partial charge in [-0.25, -0.2) is 0 Å². The number of benzene rings is 2. The zero-order valence-electron chi connectivity index (χ0n) is 20.1. The molecule has 4 heterocycles. The molecular weight excluding hydrogens is 426 g/mol. The van der Waals surface area contributed by atoms with Gasteiger partial charge in [-0.2, -0.15) is 0 Å². The van der Waals surface area contributed by atoms with Crippen molar-refractivity contribution in [1.29, 1.82) is 0 Å². The molecule has 7 nitrogen and oxygen atoms in total. The molecule has 3 saturated heterocycles. The van der Waals surface area contributed by atoms with Gasteiger partial charge in [0, 0.05) is 29.9 Å². The van der Waals surface area contributed by atoms with Gasteiger partial charge in [0.2, 0.25) is 5.91 Å². The van der Waals surface area contributed by atoms with Gasteiger partial charge in [0.05, 0.1) is 18.7 Å². The number of anilines is 1. The van der Waals surface area contributed by atoms with E-state index in [1.807, 2.05) is 10.9 Å². The summed E-state index contributed by atoms with van der Waals surface area (Å²) in [6.07, 6.45) is 4.05. The predicted octanol–water partition coefficient (Wildman–Crippen LogP) is 4.30. The highest BCUT2D eigenvalue weighted by molar-refractivity contribution is 5.93. The normalized spacial score (nSPS) is 24.2. The first-order chi connectivity index (χ1) is 16.3. The molecule has 3 aliphatic heterocycles. The first kappa shape index (κ1) is 22.6. The second kappa shape index (κ2) is 8.87. The molecule has 2 unspecified atom stereocenters. The van der Waals surface area contributed by atoms with Gasteiger partial charge in [-0.05, 0) is 48.4 Å². The molecule has 6 rings (SSSR count). The summed E-state index contributed by atoms with van der Waals surface area (Å²) in [7, 11) is 0. The van der Waals surface area contributed by atoms with Gasteiger partial charge in [-0.15, -0.1) is 5.10 Å². The lowest BCUT2D eigenvalue weighted by atomic mass is 9.75. The number of carbonyl (C=O) groups excluding carboxylic acids is 1. The van der Waals surface area contributed by atoms with Crippen LogP contribution in [0.3, 0.4) is 0 Å². The number of fused-ring (bicyclic) bond motifs is 3. The van der Waals surface area contributed by atoms with Crippen LogP contribution in [-0.4, -0.2) is 50.0 Å². The van der Waals surface area contributed by atoms with E-state index in [4.69, 9.17) is 0 Å². The number of aromatic hydroxyl groups is 1. The van der Waals surface area contributed by atoms with Crippen molar-refractivity contribution in [1.82, 2.24) is 19.9 Å². The Bertz CT molecular complexity index is 1160. The number of rotatable bonds is 5. The Hall–Kier alpha value is -3.19. The van der Waals surface area contributed by atoms with E-state index in [9.17, 15) is 9.90 Å². The number of phenols is 1. The minimum atomic E-state index is -0.0278. The number of hydrogen-bond acceptors (Lipinski definition) is 5. The summed E-state index contributed by atoms with van der Waals surface area (Å²) in [6, 6.07) is 15.7. The van der Waals surface area contributed by atoms with Crippen molar-refractivity contribution in [3.63, 3.8) is 0 Å². The van der Waals surface area contributed by atoms with Crippen LogP contribution in [0.15, 0.2) is 54.7 Å². The van der Waals surface area contributed by atoms with Crippen molar-refractivity contribution < 1.29 is 9.90 Å². The minimum absolute atomic E-state index is 0.0278. The summed E-state index contributed by atoms with van der Waals surface area (Å²) >= 11 is 0. The zero-order valence-corrected chi connectivity index (χ0v) is 20.1. The Morgan fingerprint density at radius 3 is 2.65 bits per heavy atom. The average molecular weight is 460 g/mol. The second-order valence-corrected chi connectivity index (χ2v) is 10.7. The Morgan fingerprint density at radius 1 is 1.18 bits per heavy atom. The third-order valence-electron chi connectivity index (χ3n) is 7.31. The molecule has 3 aromatic rings. The molecule has 7 heteroatoms. The molecule has 2 N–H and O–H groups in total. The fourth-order valence-corrected chi connectivity index (χ4v) is 5.32. The van der Waals surface area contributed by atoms with E-state index in [-0.39, 0.29) is 23.0 Å². The fourth-order valence-electron chi connectivity index (χ4n) is 5.32. The Labute approximate surface area is 200 Å². The maximum absolute atomic E-state index is 12.9. The quantitative estimate of drug-likeness (QED) is 0.595. The molecule has 34 heavy (non-hydrogen) atoms. The average Bonchev–Trinajstić information content (AvgIpc) is 3.27. The first-order valence-corrected chi connectivity index (χ1v) is 12.1. The molecule has 2 aromatic carbocycles. The third kappa shape index (κ3) is 4.71. The smallest absolute Gasteiger partial charge is 0.229 e. The summed E-state index contributed by atoms with van der Waals surface area (Å²) < 4.78 is 1.94. The number of hydrogen-bond donors (Lipinski definition) is 2. The third-order valence-corrected chi connectivity index (χ3v) is 7.31.